The molecule has 2 rings (SSSR count). The van der Waals surface area contributed by atoms with Gasteiger partial charge in [-0.1, -0.05) is 0 Å². The summed E-state index contributed by atoms with van der Waals surface area (Å²) in [5, 5.41) is 12.0. The second-order valence-electron chi connectivity index (χ2n) is 4.74. The van der Waals surface area contributed by atoms with Gasteiger partial charge < -0.3 is 16.0 Å². The van der Waals surface area contributed by atoms with E-state index >= 15 is 0 Å². The molecule has 0 bridgehead atoms. The van der Waals surface area contributed by atoms with E-state index < -0.39 is 11.7 Å². The topological polar surface area (TPSA) is 52.3 Å². The molecule has 1 aromatic carbocycles. The number of alkyl halides is 3. The van der Waals surface area contributed by atoms with Crippen LogP contribution in [0.15, 0.2) is 18.2 Å². The third-order valence-electron chi connectivity index (χ3n) is 3.22. The first-order chi connectivity index (χ1) is 8.22. The molecule has 7 heteroatoms. The number of nitrogen functional groups attached to an aromatic ring is 1. The molecule has 0 amide bonds. The SMILES string of the molecule is C[N+]1(c2ccc(N)cc2C(F)(F)F)CCN([O-])C1. The first-order valence-corrected chi connectivity index (χ1v) is 5.46. The number of benzene rings is 1. The molecule has 4 nitrogen and oxygen atoms in total. The molecule has 1 fully saturated rings. The number of nitrogens with two attached hydrogens (primary N) is 1. The van der Waals surface area contributed by atoms with Gasteiger partial charge >= 0.3 is 6.18 Å². The van der Waals surface area contributed by atoms with Crippen molar-refractivity contribution in [2.75, 3.05) is 32.5 Å². The van der Waals surface area contributed by atoms with Crippen LogP contribution in [0, 0.1) is 5.21 Å². The fraction of sp³-hybridized carbons (Fsp3) is 0.455. The largest absolute Gasteiger partial charge is 0.781 e. The summed E-state index contributed by atoms with van der Waals surface area (Å²) in [5.41, 5.74) is 4.81. The van der Waals surface area contributed by atoms with Crippen molar-refractivity contribution in [2.45, 2.75) is 6.18 Å². The first kappa shape index (κ1) is 13.1. The normalized spacial score (nSPS) is 25.6. The van der Waals surface area contributed by atoms with Crippen molar-refractivity contribution in [3.8, 4) is 0 Å². The molecule has 1 unspecified atom stereocenters. The highest BCUT2D eigenvalue weighted by molar-refractivity contribution is 5.59. The Morgan fingerprint density at radius 3 is 2.56 bits per heavy atom. The molecule has 0 saturated carbocycles. The third kappa shape index (κ3) is 2.29. The van der Waals surface area contributed by atoms with Crippen molar-refractivity contribution in [3.63, 3.8) is 0 Å². The van der Waals surface area contributed by atoms with Gasteiger partial charge in [-0.3, -0.25) is 4.48 Å². The molecule has 2 N–H and O–H groups in total. The summed E-state index contributed by atoms with van der Waals surface area (Å²) in [6.45, 7) is 0.613. The highest BCUT2D eigenvalue weighted by Crippen LogP contribution is 2.40. The summed E-state index contributed by atoms with van der Waals surface area (Å²) in [6.07, 6.45) is -4.47. The number of quaternary nitrogens is 1. The lowest BCUT2D eigenvalue weighted by Gasteiger charge is -2.32. The predicted molar refractivity (Wildman–Crippen MR) is 63.4 cm³/mol. The van der Waals surface area contributed by atoms with Crippen LogP contribution in [0.2, 0.25) is 0 Å². The van der Waals surface area contributed by atoms with E-state index in [4.69, 9.17) is 5.73 Å². The van der Waals surface area contributed by atoms with Crippen LogP contribution in [0.1, 0.15) is 5.56 Å². The second kappa shape index (κ2) is 4.11. The maximum atomic E-state index is 13.0. The van der Waals surface area contributed by atoms with Crippen molar-refractivity contribution in [1.82, 2.24) is 9.55 Å². The molecule has 1 aliphatic heterocycles. The van der Waals surface area contributed by atoms with Crippen molar-refractivity contribution in [3.05, 3.63) is 29.0 Å². The zero-order valence-corrected chi connectivity index (χ0v) is 9.87. The molecule has 100 valence electrons. The summed E-state index contributed by atoms with van der Waals surface area (Å²) in [4.78, 5) is 0. The van der Waals surface area contributed by atoms with Gasteiger partial charge in [0.15, 0.2) is 0 Å². The van der Waals surface area contributed by atoms with E-state index in [2.05, 4.69) is 0 Å². The predicted octanol–water partition coefficient (Wildman–Crippen LogP) is 2.00. The van der Waals surface area contributed by atoms with Crippen LogP contribution in [0.3, 0.4) is 0 Å². The maximum absolute atomic E-state index is 13.0. The summed E-state index contributed by atoms with van der Waals surface area (Å²) >= 11 is 0. The Morgan fingerprint density at radius 2 is 2.06 bits per heavy atom. The van der Waals surface area contributed by atoms with E-state index in [0.717, 1.165) is 11.1 Å². The Balaban J connectivity index is 2.51. The molecule has 0 spiro atoms. The van der Waals surface area contributed by atoms with Gasteiger partial charge in [0.25, 0.3) is 0 Å². The van der Waals surface area contributed by atoms with Gasteiger partial charge in [-0.2, -0.15) is 13.2 Å². The lowest BCUT2D eigenvalue weighted by atomic mass is 10.1. The smallest absolute Gasteiger partial charge is 0.422 e. The van der Waals surface area contributed by atoms with Gasteiger partial charge in [0.05, 0.1) is 13.6 Å². The molecule has 1 atom stereocenters. The Labute approximate surface area is 103 Å². The van der Waals surface area contributed by atoms with Crippen LogP contribution < -0.4 is 10.2 Å². The van der Waals surface area contributed by atoms with E-state index in [9.17, 15) is 18.4 Å². The van der Waals surface area contributed by atoms with Crippen LogP contribution in [0.4, 0.5) is 24.5 Å². The average molecular weight is 261 g/mol. The fourth-order valence-electron chi connectivity index (χ4n) is 2.27. The number of likely N-dealkylation sites (N-methyl/N-ethyl adjacent to an activating group) is 1. The van der Waals surface area contributed by atoms with E-state index in [1.54, 1.807) is 7.05 Å². The monoisotopic (exact) mass is 261 g/mol. The van der Waals surface area contributed by atoms with Gasteiger partial charge in [0.2, 0.25) is 0 Å². The average Bonchev–Trinajstić information content (AvgIpc) is 2.58. The highest BCUT2D eigenvalue weighted by Gasteiger charge is 2.42. The zero-order chi connectivity index (χ0) is 13.6. The highest BCUT2D eigenvalue weighted by atomic mass is 19.4. The minimum Gasteiger partial charge on any atom is -0.781 e. The number of hydroxylamine groups is 2. The van der Waals surface area contributed by atoms with Crippen molar-refractivity contribution in [1.29, 1.82) is 0 Å². The zero-order valence-electron chi connectivity index (χ0n) is 9.87. The second-order valence-corrected chi connectivity index (χ2v) is 4.74. The van der Waals surface area contributed by atoms with E-state index in [1.807, 2.05) is 0 Å². The van der Waals surface area contributed by atoms with Gasteiger partial charge in [-0.05, 0) is 12.1 Å². The Morgan fingerprint density at radius 1 is 1.39 bits per heavy atom. The third-order valence-corrected chi connectivity index (χ3v) is 3.22. The number of halogens is 3. The lowest BCUT2D eigenvalue weighted by Crippen LogP contribution is -2.44. The van der Waals surface area contributed by atoms with Crippen LogP contribution in [-0.2, 0) is 6.18 Å². The standard InChI is InChI=1S/C11H14F3N3O/c1-17(5-4-16(18)7-17)10-3-2-8(15)6-9(10)11(12,13)14/h2-3,6H,4-5,7,15H2,1H3. The van der Waals surface area contributed by atoms with Gasteiger partial charge in [-0.25, -0.2) is 0 Å². The van der Waals surface area contributed by atoms with Crippen molar-refractivity contribution in [2.24, 2.45) is 0 Å². The molecule has 18 heavy (non-hydrogen) atoms. The molecular weight excluding hydrogens is 247 g/mol. The van der Waals surface area contributed by atoms with Gasteiger partial charge in [-0.15, -0.1) is 0 Å². The quantitative estimate of drug-likeness (QED) is 0.621. The van der Waals surface area contributed by atoms with Crippen molar-refractivity contribution >= 4 is 11.4 Å². The number of nitrogens with zero attached hydrogens (tertiary/aromatic N) is 2. The van der Waals surface area contributed by atoms with Crippen LogP contribution >= 0.6 is 0 Å². The minimum atomic E-state index is -4.47. The summed E-state index contributed by atoms with van der Waals surface area (Å²) < 4.78 is 38.9. The lowest BCUT2D eigenvalue weighted by molar-refractivity contribution is -0.137. The summed E-state index contributed by atoms with van der Waals surface area (Å²) in [6, 6.07) is 3.71. The number of hydrogen-bond acceptors (Lipinski definition) is 3. The Hall–Kier alpha value is -1.31. The van der Waals surface area contributed by atoms with Crippen LogP contribution in [0.5, 0.6) is 0 Å². The molecule has 1 saturated heterocycles. The summed E-state index contributed by atoms with van der Waals surface area (Å²) in [7, 11) is 1.62. The number of hydrogen-bond donors (Lipinski definition) is 1. The number of rotatable bonds is 1. The van der Waals surface area contributed by atoms with Crippen molar-refractivity contribution < 1.29 is 13.2 Å². The molecule has 0 aromatic heterocycles. The summed E-state index contributed by atoms with van der Waals surface area (Å²) in [5.74, 6) is 0. The Kier molecular flexibility index (Phi) is 3.00. The molecule has 1 aliphatic rings. The molecular formula is C11H14F3N3O. The van der Waals surface area contributed by atoms with Crippen LogP contribution in [-0.4, -0.2) is 31.9 Å². The molecule has 0 aliphatic carbocycles. The first-order valence-electron chi connectivity index (χ1n) is 5.46. The van der Waals surface area contributed by atoms with E-state index in [0.29, 0.717) is 6.54 Å². The Bertz CT molecular complexity index is 463. The van der Waals surface area contributed by atoms with Crippen LogP contribution in [0.25, 0.3) is 0 Å². The van der Waals surface area contributed by atoms with E-state index in [-0.39, 0.29) is 29.1 Å². The fourth-order valence-corrected chi connectivity index (χ4v) is 2.27. The van der Waals surface area contributed by atoms with Gasteiger partial charge in [0, 0.05) is 18.3 Å². The minimum absolute atomic E-state index is 0.0208. The molecule has 1 heterocycles. The molecule has 0 radical (unpaired) electrons. The maximum Gasteiger partial charge on any atom is 0.422 e. The number of anilines is 1. The van der Waals surface area contributed by atoms with Gasteiger partial charge in [0.1, 0.15) is 17.9 Å². The molecule has 1 aromatic rings. The van der Waals surface area contributed by atoms with E-state index in [1.165, 1.54) is 12.1 Å².